The Labute approximate surface area is 117 Å². The van der Waals surface area contributed by atoms with E-state index in [-0.39, 0.29) is 0 Å². The minimum atomic E-state index is -1.18. The van der Waals surface area contributed by atoms with Gasteiger partial charge in [-0.25, -0.2) is 14.8 Å². The van der Waals surface area contributed by atoms with Gasteiger partial charge in [0.05, 0.1) is 5.69 Å². The monoisotopic (exact) mass is 277 g/mol. The lowest BCUT2D eigenvalue weighted by Crippen LogP contribution is -2.58. The second kappa shape index (κ2) is 4.13. The van der Waals surface area contributed by atoms with Gasteiger partial charge in [-0.1, -0.05) is 13.8 Å². The number of nitrogens with one attached hydrogen (secondary N) is 1. The summed E-state index contributed by atoms with van der Waals surface area (Å²) in [6, 6.07) is 0. The highest BCUT2D eigenvalue weighted by atomic mass is 16.4. The normalized spacial score (nSPS) is 27.6. The third kappa shape index (κ3) is 1.63. The molecule has 2 aliphatic heterocycles. The molecule has 20 heavy (non-hydrogen) atoms. The van der Waals surface area contributed by atoms with Gasteiger partial charge < -0.3 is 16.2 Å². The van der Waals surface area contributed by atoms with Crippen molar-refractivity contribution in [1.82, 2.24) is 20.2 Å². The molecule has 108 valence electrons. The van der Waals surface area contributed by atoms with Crippen LogP contribution in [0.5, 0.6) is 0 Å². The first-order valence-electron chi connectivity index (χ1n) is 6.72. The highest BCUT2D eigenvalue weighted by Gasteiger charge is 2.57. The molecule has 1 amide bonds. The van der Waals surface area contributed by atoms with Crippen molar-refractivity contribution in [3.05, 3.63) is 23.3 Å². The van der Waals surface area contributed by atoms with Crippen molar-refractivity contribution in [1.29, 1.82) is 0 Å². The molecule has 1 atom stereocenters. The van der Waals surface area contributed by atoms with Crippen LogP contribution in [0.3, 0.4) is 0 Å². The number of rotatable bonds is 1. The molecule has 0 radical (unpaired) electrons. The number of carboxylic acid groups (broad SMARTS) is 1. The first-order chi connectivity index (χ1) is 9.36. The number of fused-ring (bicyclic) bond motifs is 1. The van der Waals surface area contributed by atoms with Crippen LogP contribution in [0.15, 0.2) is 6.20 Å². The molecule has 0 spiro atoms. The van der Waals surface area contributed by atoms with E-state index in [1.54, 1.807) is 6.20 Å². The van der Waals surface area contributed by atoms with E-state index in [1.165, 1.54) is 4.90 Å². The summed E-state index contributed by atoms with van der Waals surface area (Å²) in [7, 11) is 0. The topological polar surface area (TPSA) is 104 Å². The van der Waals surface area contributed by atoms with Gasteiger partial charge in [-0.3, -0.25) is 4.90 Å². The fourth-order valence-electron chi connectivity index (χ4n) is 3.04. The van der Waals surface area contributed by atoms with Crippen molar-refractivity contribution in [3.63, 3.8) is 0 Å². The Morgan fingerprint density at radius 2 is 2.25 bits per heavy atom. The molecular weight excluding hydrogens is 258 g/mol. The molecule has 7 heteroatoms. The second-order valence-corrected chi connectivity index (χ2v) is 6.10. The summed E-state index contributed by atoms with van der Waals surface area (Å²) in [4.78, 5) is 21.6. The lowest BCUT2D eigenvalue weighted by atomic mass is 9.79. The Morgan fingerprint density at radius 3 is 2.95 bits per heavy atom. The fourth-order valence-corrected chi connectivity index (χ4v) is 3.04. The van der Waals surface area contributed by atoms with Crippen molar-refractivity contribution < 1.29 is 9.90 Å². The third-order valence-electron chi connectivity index (χ3n) is 4.55. The number of hydrogen-bond donors (Lipinski definition) is 3. The van der Waals surface area contributed by atoms with E-state index in [4.69, 9.17) is 5.73 Å². The fraction of sp³-hybridized carbons (Fsp3) is 0.615. The zero-order valence-corrected chi connectivity index (χ0v) is 11.7. The highest BCUT2D eigenvalue weighted by molar-refractivity contribution is 5.67. The maximum absolute atomic E-state index is 11.5. The van der Waals surface area contributed by atoms with Crippen LogP contribution in [0.2, 0.25) is 0 Å². The molecule has 4 N–H and O–H groups in total. The Balaban J connectivity index is 2.11. The van der Waals surface area contributed by atoms with Crippen molar-refractivity contribution in [3.8, 4) is 0 Å². The van der Waals surface area contributed by atoms with Crippen molar-refractivity contribution in [2.45, 2.75) is 39.0 Å². The average molecular weight is 277 g/mol. The Hall–Kier alpha value is -1.73. The predicted octanol–water partition coefficient (Wildman–Crippen LogP) is 0.601. The summed E-state index contributed by atoms with van der Waals surface area (Å²) < 4.78 is 0. The number of hydrogen-bond acceptors (Lipinski definition) is 5. The van der Waals surface area contributed by atoms with Crippen molar-refractivity contribution >= 4 is 6.09 Å². The predicted molar refractivity (Wildman–Crippen MR) is 71.6 cm³/mol. The number of carbonyl (C=O) groups is 1. The zero-order valence-electron chi connectivity index (χ0n) is 11.7. The standard InChI is InChI=1S/C13H19N5O2/c1-12(2)3-4-18(11(19)20)13(12,14)10-16-6-8-5-15-7-9(8)17-10/h6,15H,3-5,7,14H2,1-2H3,(H,19,20). The summed E-state index contributed by atoms with van der Waals surface area (Å²) in [5, 5.41) is 12.6. The quantitative estimate of drug-likeness (QED) is 0.694. The number of nitrogens with two attached hydrogens (primary N) is 1. The summed E-state index contributed by atoms with van der Waals surface area (Å²) in [6.07, 6.45) is 1.41. The van der Waals surface area contributed by atoms with Gasteiger partial charge in [0.1, 0.15) is 0 Å². The van der Waals surface area contributed by atoms with Gasteiger partial charge >= 0.3 is 6.09 Å². The van der Waals surface area contributed by atoms with Crippen LogP contribution in [-0.4, -0.2) is 32.6 Å². The third-order valence-corrected chi connectivity index (χ3v) is 4.55. The van der Waals surface area contributed by atoms with E-state index < -0.39 is 17.2 Å². The Kier molecular flexibility index (Phi) is 2.74. The molecular formula is C13H19N5O2. The second-order valence-electron chi connectivity index (χ2n) is 6.10. The van der Waals surface area contributed by atoms with E-state index in [2.05, 4.69) is 15.3 Å². The molecule has 0 saturated carbocycles. The molecule has 0 aliphatic carbocycles. The van der Waals surface area contributed by atoms with Crippen molar-refractivity contribution in [2.75, 3.05) is 6.54 Å². The van der Waals surface area contributed by atoms with Gasteiger partial charge in [0, 0.05) is 36.8 Å². The smallest absolute Gasteiger partial charge is 0.409 e. The maximum atomic E-state index is 11.5. The number of aromatic nitrogens is 2. The van der Waals surface area contributed by atoms with Gasteiger partial charge in [-0.05, 0) is 6.42 Å². The molecule has 0 aromatic carbocycles. The Morgan fingerprint density at radius 1 is 1.50 bits per heavy atom. The van der Waals surface area contributed by atoms with E-state index in [0.717, 1.165) is 17.8 Å². The molecule has 1 saturated heterocycles. The van der Waals surface area contributed by atoms with E-state index in [0.29, 0.717) is 25.3 Å². The Bertz CT molecular complexity index is 574. The molecule has 1 aromatic heterocycles. The lowest BCUT2D eigenvalue weighted by Gasteiger charge is -2.40. The van der Waals surface area contributed by atoms with Crippen molar-refractivity contribution in [2.24, 2.45) is 11.1 Å². The van der Waals surface area contributed by atoms with Gasteiger partial charge in [-0.2, -0.15) is 0 Å². The summed E-state index contributed by atoms with van der Waals surface area (Å²) >= 11 is 0. The highest BCUT2D eigenvalue weighted by Crippen LogP contribution is 2.47. The van der Waals surface area contributed by atoms with Crippen LogP contribution in [-0.2, 0) is 18.8 Å². The first kappa shape index (κ1) is 13.3. The molecule has 1 unspecified atom stereocenters. The van der Waals surface area contributed by atoms with Crippen LogP contribution in [0.4, 0.5) is 4.79 Å². The molecule has 1 fully saturated rings. The van der Waals surface area contributed by atoms with Crippen LogP contribution in [0.1, 0.15) is 37.4 Å². The molecule has 3 heterocycles. The minimum Gasteiger partial charge on any atom is -0.465 e. The molecule has 1 aromatic rings. The molecule has 3 rings (SSSR count). The van der Waals surface area contributed by atoms with Crippen LogP contribution >= 0.6 is 0 Å². The number of amides is 1. The summed E-state index contributed by atoms with van der Waals surface area (Å²) in [5.74, 6) is 0.393. The van der Waals surface area contributed by atoms with E-state index >= 15 is 0 Å². The summed E-state index contributed by atoms with van der Waals surface area (Å²) in [5.41, 5.74) is 6.86. The van der Waals surface area contributed by atoms with E-state index in [9.17, 15) is 9.90 Å². The average Bonchev–Trinajstić information content (AvgIpc) is 2.92. The lowest BCUT2D eigenvalue weighted by molar-refractivity contribution is 0.0481. The van der Waals surface area contributed by atoms with Crippen LogP contribution in [0.25, 0.3) is 0 Å². The SMILES string of the molecule is CC1(C)CCN(C(=O)O)C1(N)c1ncc2c(n1)CNC2. The summed E-state index contributed by atoms with van der Waals surface area (Å²) in [6.45, 7) is 5.75. The molecule has 0 bridgehead atoms. The van der Waals surface area contributed by atoms with E-state index in [1.807, 2.05) is 13.8 Å². The van der Waals surface area contributed by atoms with Gasteiger partial charge in [0.15, 0.2) is 11.5 Å². The number of nitrogens with zero attached hydrogens (tertiary/aromatic N) is 3. The van der Waals surface area contributed by atoms with Crippen LogP contribution < -0.4 is 11.1 Å². The molecule has 7 nitrogen and oxygen atoms in total. The van der Waals surface area contributed by atoms with Gasteiger partial charge in [0.25, 0.3) is 0 Å². The largest absolute Gasteiger partial charge is 0.465 e. The van der Waals surface area contributed by atoms with Crippen LogP contribution in [0, 0.1) is 5.41 Å². The maximum Gasteiger partial charge on any atom is 0.409 e. The molecule has 2 aliphatic rings. The zero-order chi connectivity index (χ0) is 14.5. The first-order valence-corrected chi connectivity index (χ1v) is 6.72. The van der Waals surface area contributed by atoms with Gasteiger partial charge in [-0.15, -0.1) is 0 Å². The minimum absolute atomic E-state index is 0.393. The number of likely N-dealkylation sites (tertiary alicyclic amines) is 1. The van der Waals surface area contributed by atoms with Gasteiger partial charge in [0.2, 0.25) is 0 Å².